The molecule has 1 fully saturated rings. The molecule has 0 aliphatic carbocycles. The van der Waals surface area contributed by atoms with E-state index in [2.05, 4.69) is 5.10 Å². The van der Waals surface area contributed by atoms with Crippen LogP contribution in [0.25, 0.3) is 33.2 Å². The minimum Gasteiger partial charge on any atom is -0.337 e. The highest BCUT2D eigenvalue weighted by atomic mass is 19.1. The fourth-order valence-corrected chi connectivity index (χ4v) is 4.34. The van der Waals surface area contributed by atoms with Crippen LogP contribution in [0, 0.1) is 11.6 Å². The van der Waals surface area contributed by atoms with Crippen molar-refractivity contribution in [2.45, 2.75) is 12.5 Å². The first-order valence-corrected chi connectivity index (χ1v) is 10.5. The Morgan fingerprint density at radius 1 is 1.06 bits per heavy atom. The minimum absolute atomic E-state index is 0.0267. The van der Waals surface area contributed by atoms with Gasteiger partial charge in [-0.1, -0.05) is 18.2 Å². The first-order valence-electron chi connectivity index (χ1n) is 10.5. The molecule has 162 valence electrons. The van der Waals surface area contributed by atoms with Crippen molar-refractivity contribution in [3.8, 4) is 22.3 Å². The molecule has 32 heavy (non-hydrogen) atoms. The maximum Gasteiger partial charge on any atom is 0.253 e. The largest absolute Gasteiger partial charge is 0.337 e. The van der Waals surface area contributed by atoms with Gasteiger partial charge in [0.05, 0.1) is 11.7 Å². The van der Waals surface area contributed by atoms with Gasteiger partial charge in [0.2, 0.25) is 0 Å². The second-order valence-electron chi connectivity index (χ2n) is 8.23. The van der Waals surface area contributed by atoms with E-state index in [9.17, 15) is 9.18 Å². The van der Waals surface area contributed by atoms with Crippen LogP contribution in [0.4, 0.5) is 8.78 Å². The fraction of sp³-hybridized carbons (Fsp3) is 0.200. The minimum atomic E-state index is -0.414. The van der Waals surface area contributed by atoms with Gasteiger partial charge in [0.25, 0.3) is 5.91 Å². The average molecular weight is 432 g/mol. The predicted molar refractivity (Wildman–Crippen MR) is 120 cm³/mol. The smallest absolute Gasteiger partial charge is 0.253 e. The molecule has 5 rings (SSSR count). The van der Waals surface area contributed by atoms with Crippen molar-refractivity contribution in [1.82, 2.24) is 14.7 Å². The van der Waals surface area contributed by atoms with Crippen LogP contribution < -0.4 is 5.73 Å². The van der Waals surface area contributed by atoms with Crippen molar-refractivity contribution >= 4 is 16.8 Å². The van der Waals surface area contributed by atoms with Crippen LogP contribution in [0.5, 0.6) is 0 Å². The number of nitrogens with zero attached hydrogens (tertiary/aromatic N) is 3. The summed E-state index contributed by atoms with van der Waals surface area (Å²) in [4.78, 5) is 14.8. The Hall–Kier alpha value is -3.58. The molecule has 0 bridgehead atoms. The summed E-state index contributed by atoms with van der Waals surface area (Å²) in [7, 11) is 1.75. The molecule has 0 radical (unpaired) electrons. The van der Waals surface area contributed by atoms with E-state index in [0.717, 1.165) is 11.8 Å². The van der Waals surface area contributed by atoms with Crippen molar-refractivity contribution in [1.29, 1.82) is 0 Å². The number of benzene rings is 3. The van der Waals surface area contributed by atoms with Gasteiger partial charge in [-0.25, -0.2) is 8.78 Å². The van der Waals surface area contributed by atoms with Crippen LogP contribution in [0.15, 0.2) is 60.8 Å². The number of halogens is 2. The Labute approximate surface area is 184 Å². The van der Waals surface area contributed by atoms with Crippen molar-refractivity contribution < 1.29 is 13.6 Å². The van der Waals surface area contributed by atoms with Crippen LogP contribution in [0.1, 0.15) is 16.8 Å². The maximum atomic E-state index is 15.2. The summed E-state index contributed by atoms with van der Waals surface area (Å²) in [6.45, 7) is 1.10. The number of amides is 1. The lowest BCUT2D eigenvalue weighted by Crippen LogP contribution is -2.31. The molecule has 3 aromatic carbocycles. The Balaban J connectivity index is 1.67. The predicted octanol–water partition coefficient (Wildman–Crippen LogP) is 4.36. The van der Waals surface area contributed by atoms with Crippen molar-refractivity contribution in [2.75, 3.05) is 13.1 Å². The molecule has 2 heterocycles. The van der Waals surface area contributed by atoms with Gasteiger partial charge in [-0.05, 0) is 53.4 Å². The van der Waals surface area contributed by atoms with Crippen LogP contribution in [0.2, 0.25) is 0 Å². The quantitative estimate of drug-likeness (QED) is 0.523. The number of likely N-dealkylation sites (tertiary alicyclic amines) is 1. The SMILES string of the molecule is Cn1ncc2cc(-c3ccc(C(=O)N4CC[C@H](N)C4)cc3-c3cccc(F)c3)c(F)cc21. The van der Waals surface area contributed by atoms with E-state index in [1.54, 1.807) is 59.2 Å². The van der Waals surface area contributed by atoms with Gasteiger partial charge in [0.1, 0.15) is 11.6 Å². The number of hydrogen-bond acceptors (Lipinski definition) is 3. The topological polar surface area (TPSA) is 64.2 Å². The second-order valence-corrected chi connectivity index (χ2v) is 8.23. The zero-order valence-corrected chi connectivity index (χ0v) is 17.6. The molecule has 0 unspecified atom stereocenters. The highest BCUT2D eigenvalue weighted by Gasteiger charge is 2.25. The molecule has 1 aromatic heterocycles. The Kier molecular flexibility index (Phi) is 4.98. The molecule has 1 saturated heterocycles. The van der Waals surface area contributed by atoms with E-state index in [1.807, 2.05) is 0 Å². The summed E-state index contributed by atoms with van der Waals surface area (Å²) in [5, 5.41) is 4.98. The van der Waals surface area contributed by atoms with E-state index in [4.69, 9.17) is 5.73 Å². The van der Waals surface area contributed by atoms with Crippen LogP contribution in [0.3, 0.4) is 0 Å². The third kappa shape index (κ3) is 3.54. The molecule has 5 nitrogen and oxygen atoms in total. The Morgan fingerprint density at radius 2 is 1.91 bits per heavy atom. The van der Waals surface area contributed by atoms with E-state index in [1.165, 1.54) is 18.2 Å². The van der Waals surface area contributed by atoms with Gasteiger partial charge in [0, 0.05) is 48.8 Å². The molecule has 1 atom stereocenters. The standard InChI is InChI=1S/C25H22F2N4O/c1-30-24-12-23(27)22(11-17(24)13-29-30)20-6-5-16(25(32)31-8-7-19(28)14-31)10-21(20)15-3-2-4-18(26)9-15/h2-6,9-13,19H,7-8,14,28H2,1H3/t19-/m0/s1. The number of rotatable bonds is 3. The molecule has 0 saturated carbocycles. The molecule has 7 heteroatoms. The second kappa shape index (κ2) is 7.84. The van der Waals surface area contributed by atoms with Crippen LogP contribution in [-0.4, -0.2) is 39.7 Å². The van der Waals surface area contributed by atoms with Crippen LogP contribution >= 0.6 is 0 Å². The summed E-state index contributed by atoms with van der Waals surface area (Å²) < 4.78 is 30.8. The fourth-order valence-electron chi connectivity index (χ4n) is 4.34. The highest BCUT2D eigenvalue weighted by Crippen LogP contribution is 2.36. The first kappa shape index (κ1) is 20.3. The van der Waals surface area contributed by atoms with Crippen LogP contribution in [-0.2, 0) is 7.05 Å². The number of fused-ring (bicyclic) bond motifs is 1. The van der Waals surface area contributed by atoms with Gasteiger partial charge in [-0.15, -0.1) is 0 Å². The van der Waals surface area contributed by atoms with Crippen molar-refractivity contribution in [2.24, 2.45) is 12.8 Å². The first-order chi connectivity index (χ1) is 15.4. The molecule has 4 aromatic rings. The maximum absolute atomic E-state index is 15.2. The zero-order chi connectivity index (χ0) is 22.4. The number of carbonyl (C=O) groups excluding carboxylic acids is 1. The molecule has 1 aliphatic rings. The molecule has 0 spiro atoms. The molecular weight excluding hydrogens is 410 g/mol. The number of carbonyl (C=O) groups is 1. The number of aryl methyl sites for hydroxylation is 1. The lowest BCUT2D eigenvalue weighted by atomic mass is 9.91. The molecule has 2 N–H and O–H groups in total. The van der Waals surface area contributed by atoms with Gasteiger partial charge in [-0.2, -0.15) is 5.10 Å². The Bertz CT molecular complexity index is 1350. The average Bonchev–Trinajstić information content (AvgIpc) is 3.38. The summed E-state index contributed by atoms with van der Waals surface area (Å²) >= 11 is 0. The Morgan fingerprint density at radius 3 is 2.66 bits per heavy atom. The number of nitrogens with two attached hydrogens (primary N) is 1. The van der Waals surface area contributed by atoms with Gasteiger partial charge in [0.15, 0.2) is 0 Å². The molecular formula is C25H22F2N4O. The normalized spacial score (nSPS) is 16.1. The zero-order valence-electron chi connectivity index (χ0n) is 17.6. The van der Waals surface area contributed by atoms with Gasteiger partial charge in [-0.3, -0.25) is 9.48 Å². The highest BCUT2D eigenvalue weighted by molar-refractivity contribution is 5.98. The van der Waals surface area contributed by atoms with Gasteiger partial charge >= 0.3 is 0 Å². The lowest BCUT2D eigenvalue weighted by Gasteiger charge is -2.18. The molecule has 1 aliphatic heterocycles. The van der Waals surface area contributed by atoms with E-state index in [-0.39, 0.29) is 11.9 Å². The summed E-state index contributed by atoms with van der Waals surface area (Å²) in [6, 6.07) is 14.4. The third-order valence-electron chi connectivity index (χ3n) is 6.04. The summed E-state index contributed by atoms with van der Waals surface area (Å²) in [6.07, 6.45) is 2.44. The van der Waals surface area contributed by atoms with Crippen molar-refractivity contribution in [3.05, 3.63) is 78.0 Å². The monoisotopic (exact) mass is 432 g/mol. The van der Waals surface area contributed by atoms with E-state index < -0.39 is 11.6 Å². The van der Waals surface area contributed by atoms with Crippen molar-refractivity contribution in [3.63, 3.8) is 0 Å². The third-order valence-corrected chi connectivity index (χ3v) is 6.04. The molecule has 1 amide bonds. The number of aromatic nitrogens is 2. The lowest BCUT2D eigenvalue weighted by molar-refractivity contribution is 0.0791. The van der Waals surface area contributed by atoms with Gasteiger partial charge < -0.3 is 10.6 Å². The van der Waals surface area contributed by atoms with E-state index >= 15 is 4.39 Å². The number of hydrogen-bond donors (Lipinski definition) is 1. The summed E-state index contributed by atoms with van der Waals surface area (Å²) in [5.74, 6) is -0.951. The summed E-state index contributed by atoms with van der Waals surface area (Å²) in [5.41, 5.74) is 9.20. The van der Waals surface area contributed by atoms with E-state index in [0.29, 0.717) is 46.4 Å².